The van der Waals surface area contributed by atoms with E-state index in [0.29, 0.717) is 17.4 Å². The fourth-order valence-corrected chi connectivity index (χ4v) is 4.20. The van der Waals surface area contributed by atoms with Gasteiger partial charge in [-0.3, -0.25) is 14.5 Å². The van der Waals surface area contributed by atoms with Crippen LogP contribution < -0.4 is 10.6 Å². The molecule has 6 heteroatoms. The fraction of sp³-hybridized carbons (Fsp3) is 0.375. The normalized spacial score (nSPS) is 26.3. The molecule has 1 aliphatic carbocycles. The molecule has 4 rings (SSSR count). The Bertz CT molecular complexity index is 973. The van der Waals surface area contributed by atoms with Crippen molar-refractivity contribution in [1.82, 2.24) is 15.5 Å². The van der Waals surface area contributed by atoms with Crippen molar-refractivity contribution in [2.45, 2.75) is 38.8 Å². The summed E-state index contributed by atoms with van der Waals surface area (Å²) in [6, 6.07) is 16.6. The van der Waals surface area contributed by atoms with Gasteiger partial charge in [0.15, 0.2) is 0 Å². The summed E-state index contributed by atoms with van der Waals surface area (Å²) in [5, 5.41) is 5.81. The van der Waals surface area contributed by atoms with Gasteiger partial charge in [0.2, 0.25) is 5.91 Å². The Labute approximate surface area is 176 Å². The second kappa shape index (κ2) is 7.59. The van der Waals surface area contributed by atoms with Crippen LogP contribution >= 0.6 is 0 Å². The third-order valence-electron chi connectivity index (χ3n) is 6.28. The van der Waals surface area contributed by atoms with Gasteiger partial charge in [-0.25, -0.2) is 4.79 Å². The maximum atomic E-state index is 13.1. The minimum Gasteiger partial charge on any atom is -0.347 e. The zero-order valence-corrected chi connectivity index (χ0v) is 17.5. The van der Waals surface area contributed by atoms with Crippen LogP contribution in [0.2, 0.25) is 0 Å². The van der Waals surface area contributed by atoms with Crippen molar-refractivity contribution in [3.63, 3.8) is 0 Å². The molecule has 0 spiro atoms. The van der Waals surface area contributed by atoms with Crippen LogP contribution in [-0.4, -0.2) is 29.3 Å². The van der Waals surface area contributed by atoms with Crippen LogP contribution in [0.1, 0.15) is 43.0 Å². The number of hydrogen-bond donors (Lipinski definition) is 2. The Morgan fingerprint density at radius 1 is 1.17 bits per heavy atom. The van der Waals surface area contributed by atoms with Gasteiger partial charge >= 0.3 is 6.03 Å². The van der Waals surface area contributed by atoms with E-state index in [4.69, 9.17) is 0 Å². The molecular weight excluding hydrogens is 378 g/mol. The standard InChI is InChI=1S/C24H27N3O3/c1-15-9-11-18(12-10-15)24(3)22(29)27(23(30)26-24)14-20(28)25-21(19-13-16(19)2)17-7-5-4-6-8-17/h4-12,16,19,21H,13-14H2,1-3H3,(H,25,28)(H,26,30). The van der Waals surface area contributed by atoms with E-state index in [1.54, 1.807) is 6.92 Å². The molecule has 4 unspecified atom stereocenters. The Morgan fingerprint density at radius 3 is 2.40 bits per heavy atom. The number of urea groups is 1. The number of nitrogens with zero attached hydrogens (tertiary/aromatic N) is 1. The van der Waals surface area contributed by atoms with Crippen LogP contribution in [0.3, 0.4) is 0 Å². The lowest BCUT2D eigenvalue weighted by Crippen LogP contribution is -2.44. The molecule has 1 saturated heterocycles. The summed E-state index contributed by atoms with van der Waals surface area (Å²) in [6.07, 6.45) is 1.05. The van der Waals surface area contributed by atoms with Gasteiger partial charge in [-0.2, -0.15) is 0 Å². The number of carbonyl (C=O) groups excluding carboxylic acids is 3. The smallest absolute Gasteiger partial charge is 0.325 e. The second-order valence-corrected chi connectivity index (χ2v) is 8.65. The molecule has 4 amide bonds. The van der Waals surface area contributed by atoms with E-state index in [1.807, 2.05) is 61.5 Å². The van der Waals surface area contributed by atoms with Crippen molar-refractivity contribution in [1.29, 1.82) is 0 Å². The number of imide groups is 1. The van der Waals surface area contributed by atoms with Crippen LogP contribution in [-0.2, 0) is 15.1 Å². The molecule has 2 aromatic carbocycles. The molecule has 1 aliphatic heterocycles. The zero-order valence-electron chi connectivity index (χ0n) is 17.5. The summed E-state index contributed by atoms with van der Waals surface area (Å²) < 4.78 is 0. The number of carbonyl (C=O) groups is 3. The highest BCUT2D eigenvalue weighted by atomic mass is 16.2. The number of rotatable bonds is 6. The molecule has 1 heterocycles. The van der Waals surface area contributed by atoms with Crippen LogP contribution in [0.4, 0.5) is 4.79 Å². The summed E-state index contributed by atoms with van der Waals surface area (Å²) in [5.74, 6) is 0.163. The number of benzene rings is 2. The number of nitrogens with one attached hydrogen (secondary N) is 2. The van der Waals surface area contributed by atoms with E-state index in [0.717, 1.165) is 22.4 Å². The van der Waals surface area contributed by atoms with Gasteiger partial charge in [0.25, 0.3) is 5.91 Å². The molecule has 1 saturated carbocycles. The lowest BCUT2D eigenvalue weighted by molar-refractivity contribution is -0.135. The van der Waals surface area contributed by atoms with E-state index in [2.05, 4.69) is 17.6 Å². The fourth-order valence-electron chi connectivity index (χ4n) is 4.20. The molecular formula is C24H27N3O3. The molecule has 6 nitrogen and oxygen atoms in total. The molecule has 4 atom stereocenters. The first-order chi connectivity index (χ1) is 14.3. The molecule has 2 fully saturated rings. The lowest BCUT2D eigenvalue weighted by atomic mass is 9.91. The van der Waals surface area contributed by atoms with E-state index >= 15 is 0 Å². The summed E-state index contributed by atoms with van der Waals surface area (Å²) in [6.45, 7) is 5.50. The molecule has 30 heavy (non-hydrogen) atoms. The monoisotopic (exact) mass is 405 g/mol. The minimum atomic E-state index is -1.17. The van der Waals surface area contributed by atoms with Gasteiger partial charge in [0.1, 0.15) is 12.1 Å². The summed E-state index contributed by atoms with van der Waals surface area (Å²) in [4.78, 5) is 39.4. The second-order valence-electron chi connectivity index (χ2n) is 8.65. The molecule has 2 aromatic rings. The highest BCUT2D eigenvalue weighted by Gasteiger charge is 2.50. The van der Waals surface area contributed by atoms with E-state index in [1.165, 1.54) is 0 Å². The molecule has 2 aliphatic rings. The van der Waals surface area contributed by atoms with Gasteiger partial charge in [-0.1, -0.05) is 67.1 Å². The van der Waals surface area contributed by atoms with Gasteiger partial charge in [-0.05, 0) is 43.2 Å². The first-order valence-electron chi connectivity index (χ1n) is 10.3. The molecule has 2 N–H and O–H groups in total. The van der Waals surface area contributed by atoms with Crippen molar-refractivity contribution >= 4 is 17.8 Å². The molecule has 0 aromatic heterocycles. The quantitative estimate of drug-likeness (QED) is 0.724. The topological polar surface area (TPSA) is 78.5 Å². The first-order valence-corrected chi connectivity index (χ1v) is 10.3. The van der Waals surface area contributed by atoms with Crippen molar-refractivity contribution in [3.8, 4) is 0 Å². The van der Waals surface area contributed by atoms with E-state index < -0.39 is 17.5 Å². The van der Waals surface area contributed by atoms with Gasteiger partial charge in [-0.15, -0.1) is 0 Å². The van der Waals surface area contributed by atoms with Gasteiger partial charge < -0.3 is 10.6 Å². The lowest BCUT2D eigenvalue weighted by Gasteiger charge is -2.23. The van der Waals surface area contributed by atoms with Crippen molar-refractivity contribution in [2.75, 3.05) is 6.54 Å². The summed E-state index contributed by atoms with van der Waals surface area (Å²) in [7, 11) is 0. The predicted octanol–water partition coefficient (Wildman–Crippen LogP) is 3.28. The van der Waals surface area contributed by atoms with Crippen molar-refractivity contribution in [3.05, 3.63) is 71.3 Å². The highest BCUT2D eigenvalue weighted by Crippen LogP contribution is 2.46. The third-order valence-corrected chi connectivity index (χ3v) is 6.28. The highest BCUT2D eigenvalue weighted by molar-refractivity contribution is 6.09. The van der Waals surface area contributed by atoms with Gasteiger partial charge in [0, 0.05) is 0 Å². The largest absolute Gasteiger partial charge is 0.347 e. The van der Waals surface area contributed by atoms with Gasteiger partial charge in [0.05, 0.1) is 6.04 Å². The van der Waals surface area contributed by atoms with Crippen LogP contribution in [0.15, 0.2) is 54.6 Å². The van der Waals surface area contributed by atoms with Crippen LogP contribution in [0, 0.1) is 18.8 Å². The first kappa shape index (κ1) is 20.1. The Morgan fingerprint density at radius 2 is 1.80 bits per heavy atom. The van der Waals surface area contributed by atoms with Crippen molar-refractivity contribution < 1.29 is 14.4 Å². The average molecular weight is 405 g/mol. The number of hydrogen-bond acceptors (Lipinski definition) is 3. The maximum Gasteiger partial charge on any atom is 0.325 e. The third kappa shape index (κ3) is 3.70. The molecule has 156 valence electrons. The Hall–Kier alpha value is -3.15. The van der Waals surface area contributed by atoms with Crippen LogP contribution in [0.25, 0.3) is 0 Å². The number of aryl methyl sites for hydroxylation is 1. The average Bonchev–Trinajstić information content (AvgIpc) is 3.41. The van der Waals surface area contributed by atoms with E-state index in [-0.39, 0.29) is 18.5 Å². The summed E-state index contributed by atoms with van der Waals surface area (Å²) >= 11 is 0. The van der Waals surface area contributed by atoms with E-state index in [9.17, 15) is 14.4 Å². The molecule has 0 bridgehead atoms. The Kier molecular flexibility index (Phi) is 5.10. The van der Waals surface area contributed by atoms with Crippen LogP contribution in [0.5, 0.6) is 0 Å². The molecule has 0 radical (unpaired) electrons. The predicted molar refractivity (Wildman–Crippen MR) is 113 cm³/mol. The van der Waals surface area contributed by atoms with Crippen molar-refractivity contribution in [2.24, 2.45) is 11.8 Å². The zero-order chi connectivity index (χ0) is 21.5. The SMILES string of the molecule is Cc1ccc(C2(C)NC(=O)N(CC(=O)NC(c3ccccc3)C3CC3C)C2=O)cc1. The Balaban J connectivity index is 1.48. The maximum absolute atomic E-state index is 13.1. The number of amides is 4. The summed E-state index contributed by atoms with van der Waals surface area (Å²) in [5.41, 5.74) is 1.64. The minimum absolute atomic E-state index is 0.113.